The Balaban J connectivity index is 2.86. The molecule has 0 amide bonds. The van der Waals surface area contributed by atoms with Crippen LogP contribution in [0.5, 0.6) is 0 Å². The summed E-state index contributed by atoms with van der Waals surface area (Å²) in [4.78, 5) is 5.46. The molecule has 0 heterocycles. The van der Waals surface area contributed by atoms with Crippen LogP contribution in [0.1, 0.15) is 143 Å². The molecule has 0 unspecified atom stereocenters. The summed E-state index contributed by atoms with van der Waals surface area (Å²) in [6, 6.07) is 13.3. The lowest BCUT2D eigenvalue weighted by Crippen LogP contribution is -2.24. The fraction of sp³-hybridized carbons (Fsp3) is 0.571. The molecule has 0 saturated heterocycles. The summed E-state index contributed by atoms with van der Waals surface area (Å²) in [6.07, 6.45) is 2.28. The standard InChI is InChI=1S/C35H53N2/c1-22(2)26-17-15-18-27(23(3)4)32(26)36-30(34(9,10)11)21-31(35(12,13)14)37-33-28(24(5)6)19-16-20-29(33)25(7)8/h15-25H,1-14H3/b30-21-,37-31?. The molecule has 0 aromatic heterocycles. The van der Waals surface area contributed by atoms with Gasteiger partial charge < -0.3 is 0 Å². The molecule has 0 saturated carbocycles. The van der Waals surface area contributed by atoms with Crippen molar-refractivity contribution in [3.8, 4) is 0 Å². The van der Waals surface area contributed by atoms with E-state index in [1.165, 1.54) is 22.3 Å². The van der Waals surface area contributed by atoms with E-state index in [4.69, 9.17) is 10.3 Å². The highest BCUT2D eigenvalue weighted by molar-refractivity contribution is 6.01. The summed E-state index contributed by atoms with van der Waals surface area (Å²) in [7, 11) is 0. The molecule has 2 heteroatoms. The third kappa shape index (κ3) is 7.82. The summed E-state index contributed by atoms with van der Waals surface area (Å²) in [5, 5.41) is 5.46. The van der Waals surface area contributed by atoms with Crippen LogP contribution < -0.4 is 5.32 Å². The molecule has 2 nitrogen and oxygen atoms in total. The number of benzene rings is 2. The average molecular weight is 502 g/mol. The topological polar surface area (TPSA) is 26.5 Å². The van der Waals surface area contributed by atoms with Crippen LogP contribution in [0.2, 0.25) is 0 Å². The number of hydrogen-bond donors (Lipinski definition) is 0. The van der Waals surface area contributed by atoms with Crippen molar-refractivity contribution in [2.45, 2.75) is 121 Å². The first-order chi connectivity index (χ1) is 16.9. The van der Waals surface area contributed by atoms with Crippen LogP contribution >= 0.6 is 0 Å². The van der Waals surface area contributed by atoms with Crippen molar-refractivity contribution in [3.05, 3.63) is 70.4 Å². The maximum Gasteiger partial charge on any atom is 0.0702 e. The van der Waals surface area contributed by atoms with Gasteiger partial charge >= 0.3 is 0 Å². The lowest BCUT2D eigenvalue weighted by Gasteiger charge is -2.29. The smallest absolute Gasteiger partial charge is 0.0702 e. The van der Waals surface area contributed by atoms with Crippen molar-refractivity contribution in [1.82, 2.24) is 5.32 Å². The predicted molar refractivity (Wildman–Crippen MR) is 165 cm³/mol. The van der Waals surface area contributed by atoms with Crippen LogP contribution in [0.15, 0.2) is 53.2 Å². The van der Waals surface area contributed by atoms with Gasteiger partial charge in [0.2, 0.25) is 0 Å². The predicted octanol–water partition coefficient (Wildman–Crippen LogP) is 11.2. The van der Waals surface area contributed by atoms with Crippen LogP contribution in [0.25, 0.3) is 0 Å². The second-order valence-electron chi connectivity index (χ2n) is 13.8. The summed E-state index contributed by atoms with van der Waals surface area (Å²) in [5.41, 5.74) is 9.37. The zero-order chi connectivity index (χ0) is 28.3. The number of aliphatic imine (C=N–C) groups is 1. The minimum Gasteiger partial charge on any atom is -0.252 e. The first-order valence-electron chi connectivity index (χ1n) is 14.2. The third-order valence-electron chi connectivity index (χ3n) is 6.96. The van der Waals surface area contributed by atoms with E-state index in [-0.39, 0.29) is 10.8 Å². The minimum absolute atomic E-state index is 0.136. The lowest BCUT2D eigenvalue weighted by atomic mass is 9.83. The quantitative estimate of drug-likeness (QED) is 0.321. The zero-order valence-corrected chi connectivity index (χ0v) is 26.2. The molecular weight excluding hydrogens is 448 g/mol. The van der Waals surface area contributed by atoms with Crippen molar-refractivity contribution in [3.63, 3.8) is 0 Å². The molecule has 0 aliphatic rings. The van der Waals surface area contributed by atoms with Gasteiger partial charge in [0, 0.05) is 22.2 Å². The Morgan fingerprint density at radius 3 is 1.22 bits per heavy atom. The maximum absolute atomic E-state index is 5.46. The Morgan fingerprint density at radius 1 is 0.568 bits per heavy atom. The highest BCUT2D eigenvalue weighted by atomic mass is 14.9. The number of para-hydroxylation sites is 2. The molecular formula is C35H53N2. The molecule has 2 rings (SSSR count). The summed E-state index contributed by atoms with van der Waals surface area (Å²) < 4.78 is 0. The summed E-state index contributed by atoms with van der Waals surface area (Å²) >= 11 is 0. The van der Waals surface area contributed by atoms with Gasteiger partial charge in [0.1, 0.15) is 0 Å². The van der Waals surface area contributed by atoms with Crippen LogP contribution in [-0.4, -0.2) is 5.71 Å². The average Bonchev–Trinajstić information content (AvgIpc) is 2.75. The summed E-state index contributed by atoms with van der Waals surface area (Å²) in [5.74, 6) is 1.61. The van der Waals surface area contributed by atoms with Crippen molar-refractivity contribution < 1.29 is 0 Å². The van der Waals surface area contributed by atoms with E-state index in [0.717, 1.165) is 22.8 Å². The molecule has 2 aromatic rings. The molecule has 0 aliphatic carbocycles. The normalized spacial score (nSPS) is 13.9. The van der Waals surface area contributed by atoms with Gasteiger partial charge in [0.05, 0.1) is 11.4 Å². The molecule has 0 atom stereocenters. The Kier molecular flexibility index (Phi) is 10.0. The second kappa shape index (κ2) is 12.0. The van der Waals surface area contributed by atoms with E-state index < -0.39 is 0 Å². The van der Waals surface area contributed by atoms with Crippen molar-refractivity contribution in [2.75, 3.05) is 0 Å². The first kappa shape index (κ1) is 30.9. The molecule has 0 bridgehead atoms. The number of hydrogen-bond acceptors (Lipinski definition) is 1. The van der Waals surface area contributed by atoms with Crippen molar-refractivity contribution >= 4 is 17.1 Å². The van der Waals surface area contributed by atoms with E-state index >= 15 is 0 Å². The van der Waals surface area contributed by atoms with E-state index in [9.17, 15) is 0 Å². The first-order valence-corrected chi connectivity index (χ1v) is 14.2. The van der Waals surface area contributed by atoms with Crippen LogP contribution in [0.3, 0.4) is 0 Å². The van der Waals surface area contributed by atoms with Gasteiger partial charge in [-0.15, -0.1) is 0 Å². The lowest BCUT2D eigenvalue weighted by molar-refractivity contribution is 0.475. The van der Waals surface area contributed by atoms with Crippen molar-refractivity contribution in [2.24, 2.45) is 15.8 Å². The third-order valence-corrected chi connectivity index (χ3v) is 6.96. The van der Waals surface area contributed by atoms with Crippen LogP contribution in [0, 0.1) is 10.8 Å². The van der Waals surface area contributed by atoms with E-state index in [0.29, 0.717) is 23.7 Å². The van der Waals surface area contributed by atoms with Gasteiger partial charge in [0.25, 0.3) is 0 Å². The van der Waals surface area contributed by atoms with Crippen LogP contribution in [0.4, 0.5) is 11.4 Å². The van der Waals surface area contributed by atoms with Gasteiger partial charge in [-0.1, -0.05) is 133 Å². The molecule has 0 spiro atoms. The molecule has 1 radical (unpaired) electrons. The summed E-state index contributed by atoms with van der Waals surface area (Å²) in [6.45, 7) is 31.7. The van der Waals surface area contributed by atoms with E-state index in [1.807, 2.05) is 0 Å². The van der Waals surface area contributed by atoms with Gasteiger partial charge in [-0.2, -0.15) is 0 Å². The van der Waals surface area contributed by atoms with Crippen molar-refractivity contribution in [1.29, 1.82) is 0 Å². The Bertz CT molecular complexity index is 1060. The van der Waals surface area contributed by atoms with Gasteiger partial charge in [0.15, 0.2) is 0 Å². The minimum atomic E-state index is -0.136. The van der Waals surface area contributed by atoms with E-state index in [2.05, 4.69) is 139 Å². The number of rotatable bonds is 8. The number of nitrogens with zero attached hydrogens (tertiary/aromatic N) is 2. The van der Waals surface area contributed by atoms with Crippen LogP contribution in [-0.2, 0) is 0 Å². The highest BCUT2D eigenvalue weighted by Gasteiger charge is 2.27. The molecule has 203 valence electrons. The Hall–Kier alpha value is -2.35. The second-order valence-corrected chi connectivity index (χ2v) is 13.8. The van der Waals surface area contributed by atoms with Gasteiger partial charge in [-0.25, -0.2) is 0 Å². The van der Waals surface area contributed by atoms with Gasteiger partial charge in [-0.05, 0) is 52.0 Å². The number of allylic oxidation sites excluding steroid dienone is 2. The molecule has 0 N–H and O–H groups in total. The fourth-order valence-electron chi connectivity index (χ4n) is 4.49. The molecule has 0 fully saturated rings. The molecule has 0 aliphatic heterocycles. The molecule has 37 heavy (non-hydrogen) atoms. The SMILES string of the molecule is CC(C)c1cccc(C(C)C)c1[N]/C(=C\C(=Nc1c(C(C)C)cccc1C(C)C)C(C)(C)C)C(C)(C)C. The van der Waals surface area contributed by atoms with Gasteiger partial charge in [-0.3, -0.25) is 10.3 Å². The largest absolute Gasteiger partial charge is 0.252 e. The molecule has 2 aromatic carbocycles. The highest BCUT2D eigenvalue weighted by Crippen LogP contribution is 2.39. The van der Waals surface area contributed by atoms with E-state index in [1.54, 1.807) is 0 Å². The fourth-order valence-corrected chi connectivity index (χ4v) is 4.49. The zero-order valence-electron chi connectivity index (χ0n) is 26.2. The Morgan fingerprint density at radius 2 is 0.919 bits per heavy atom. The maximum atomic E-state index is 5.46. The monoisotopic (exact) mass is 501 g/mol. The Labute approximate surface area is 229 Å².